The first-order valence-electron chi connectivity index (χ1n) is 12.0. The van der Waals surface area contributed by atoms with Crippen molar-refractivity contribution in [2.45, 2.75) is 81.5 Å². The van der Waals surface area contributed by atoms with Crippen LogP contribution in [0, 0.1) is 19.3 Å². The molecule has 0 atom stereocenters. The number of hydrogen-bond donors (Lipinski definition) is 0. The highest BCUT2D eigenvalue weighted by Gasteiger charge is 2.51. The summed E-state index contributed by atoms with van der Waals surface area (Å²) in [6.45, 7) is 14.1. The van der Waals surface area contributed by atoms with Crippen LogP contribution in [0.4, 0.5) is 0 Å². The summed E-state index contributed by atoms with van der Waals surface area (Å²) in [5.74, 6) is 0. The highest BCUT2D eigenvalue weighted by Crippen LogP contribution is 2.48. The largest absolute Gasteiger partial charge is 0.414 e. The van der Waals surface area contributed by atoms with Crippen molar-refractivity contribution in [3.05, 3.63) is 59.7 Å². The Balaban J connectivity index is 1.76. The molecule has 1 saturated carbocycles. The Morgan fingerprint density at radius 2 is 1.14 bits per heavy atom. The first kappa shape index (κ1) is 29.0. The van der Waals surface area contributed by atoms with E-state index in [1.807, 2.05) is 13.8 Å². The van der Waals surface area contributed by atoms with Crippen molar-refractivity contribution in [3.63, 3.8) is 0 Å². The fourth-order valence-electron chi connectivity index (χ4n) is 3.81. The molecule has 0 aliphatic heterocycles. The molecule has 0 saturated heterocycles. The SMILES string of the molecule is Cc1ccc(S(=O)(=O)OCC2(COS(=O)(=O)c3ccc(C)cc3)CC(O[Si](C)(C)C(C)(C)C)C2)cc1. The van der Waals surface area contributed by atoms with Gasteiger partial charge in [-0.2, -0.15) is 16.8 Å². The van der Waals surface area contributed by atoms with Crippen LogP contribution in [0.3, 0.4) is 0 Å². The van der Waals surface area contributed by atoms with Crippen LogP contribution in [-0.4, -0.2) is 44.5 Å². The van der Waals surface area contributed by atoms with E-state index in [2.05, 4.69) is 33.9 Å². The van der Waals surface area contributed by atoms with E-state index >= 15 is 0 Å². The molecule has 1 aliphatic rings. The maximum absolute atomic E-state index is 12.8. The second kappa shape index (κ2) is 10.3. The van der Waals surface area contributed by atoms with Gasteiger partial charge in [0.1, 0.15) is 0 Å². The van der Waals surface area contributed by atoms with Gasteiger partial charge in [0.05, 0.1) is 23.0 Å². The molecular weight excluding hydrogens is 516 g/mol. The molecule has 0 bridgehead atoms. The van der Waals surface area contributed by atoms with Crippen LogP contribution in [0.1, 0.15) is 44.7 Å². The highest BCUT2D eigenvalue weighted by atomic mass is 32.2. The zero-order valence-electron chi connectivity index (χ0n) is 22.2. The van der Waals surface area contributed by atoms with Crippen LogP contribution >= 0.6 is 0 Å². The van der Waals surface area contributed by atoms with E-state index in [-0.39, 0.29) is 34.1 Å². The third kappa shape index (κ3) is 6.84. The maximum atomic E-state index is 12.8. The Hall–Kier alpha value is -1.56. The van der Waals surface area contributed by atoms with E-state index in [1.54, 1.807) is 24.3 Å². The van der Waals surface area contributed by atoms with Crippen molar-refractivity contribution in [1.82, 2.24) is 0 Å². The van der Waals surface area contributed by atoms with Crippen molar-refractivity contribution >= 4 is 28.6 Å². The zero-order valence-corrected chi connectivity index (χ0v) is 24.8. The fourth-order valence-corrected chi connectivity index (χ4v) is 7.19. The predicted octanol–water partition coefficient (Wildman–Crippen LogP) is 5.58. The normalized spacial score (nSPS) is 17.1. The van der Waals surface area contributed by atoms with E-state index < -0.39 is 34.0 Å². The molecule has 7 nitrogen and oxygen atoms in total. The van der Waals surface area contributed by atoms with Crippen LogP contribution in [0.5, 0.6) is 0 Å². The Bertz CT molecular complexity index is 1170. The standard InChI is InChI=1S/C26H38O7S2Si/c1-20-8-12-23(13-9-20)34(27,28)31-18-26(16-22(17-26)33-36(6,7)25(3,4)5)19-32-35(29,30)24-14-10-21(2)11-15-24/h8-15,22H,16-19H2,1-7H3. The van der Waals surface area contributed by atoms with Gasteiger partial charge in [-0.25, -0.2) is 0 Å². The maximum Gasteiger partial charge on any atom is 0.296 e. The lowest BCUT2D eigenvalue weighted by molar-refractivity contribution is -0.0724. The Kier molecular flexibility index (Phi) is 8.30. The molecule has 200 valence electrons. The van der Waals surface area contributed by atoms with Gasteiger partial charge in [0, 0.05) is 11.5 Å². The molecule has 2 aromatic carbocycles. The van der Waals surface area contributed by atoms with E-state index in [4.69, 9.17) is 12.8 Å². The van der Waals surface area contributed by atoms with Crippen molar-refractivity contribution < 1.29 is 29.6 Å². The summed E-state index contributed by atoms with van der Waals surface area (Å²) in [4.78, 5) is 0.120. The molecule has 0 amide bonds. The smallest absolute Gasteiger partial charge is 0.296 e. The van der Waals surface area contributed by atoms with Gasteiger partial charge in [-0.05, 0) is 69.1 Å². The topological polar surface area (TPSA) is 96.0 Å². The van der Waals surface area contributed by atoms with Gasteiger partial charge in [0.2, 0.25) is 0 Å². The number of hydrogen-bond acceptors (Lipinski definition) is 7. The average Bonchev–Trinajstić information content (AvgIpc) is 2.74. The van der Waals surface area contributed by atoms with E-state index in [0.29, 0.717) is 12.8 Å². The molecule has 2 aromatic rings. The Morgan fingerprint density at radius 1 is 0.778 bits per heavy atom. The van der Waals surface area contributed by atoms with Crippen LogP contribution in [0.15, 0.2) is 58.3 Å². The Labute approximate surface area is 217 Å². The van der Waals surface area contributed by atoms with Gasteiger partial charge in [-0.3, -0.25) is 8.37 Å². The monoisotopic (exact) mass is 554 g/mol. The fraction of sp³-hybridized carbons (Fsp3) is 0.538. The quantitative estimate of drug-likeness (QED) is 0.279. The number of rotatable bonds is 10. The zero-order chi connectivity index (χ0) is 27.0. The van der Waals surface area contributed by atoms with Gasteiger partial charge >= 0.3 is 0 Å². The lowest BCUT2D eigenvalue weighted by Crippen LogP contribution is -2.54. The third-order valence-electron chi connectivity index (χ3n) is 7.25. The summed E-state index contributed by atoms with van der Waals surface area (Å²) in [5, 5.41) is 0.0157. The van der Waals surface area contributed by atoms with E-state index in [1.165, 1.54) is 24.3 Å². The number of benzene rings is 2. The second-order valence-electron chi connectivity index (χ2n) is 11.5. The Morgan fingerprint density at radius 3 is 1.47 bits per heavy atom. The summed E-state index contributed by atoms with van der Waals surface area (Å²) in [7, 11) is -10.1. The molecule has 36 heavy (non-hydrogen) atoms. The van der Waals surface area contributed by atoms with Crippen LogP contribution < -0.4 is 0 Å². The summed E-state index contributed by atoms with van der Waals surface area (Å²) >= 11 is 0. The molecule has 0 spiro atoms. The summed E-state index contributed by atoms with van der Waals surface area (Å²) in [5.41, 5.74) is 1.07. The molecule has 0 heterocycles. The van der Waals surface area contributed by atoms with Gasteiger partial charge in [0.25, 0.3) is 20.2 Å². The van der Waals surface area contributed by atoms with Gasteiger partial charge in [-0.1, -0.05) is 56.2 Å². The van der Waals surface area contributed by atoms with Gasteiger partial charge < -0.3 is 4.43 Å². The minimum Gasteiger partial charge on any atom is -0.414 e. The second-order valence-corrected chi connectivity index (χ2v) is 19.5. The molecule has 0 aromatic heterocycles. The van der Waals surface area contributed by atoms with Crippen molar-refractivity contribution in [1.29, 1.82) is 0 Å². The molecule has 10 heteroatoms. The van der Waals surface area contributed by atoms with Gasteiger partial charge in [0.15, 0.2) is 8.32 Å². The average molecular weight is 555 g/mol. The first-order valence-corrected chi connectivity index (χ1v) is 17.8. The molecule has 0 radical (unpaired) electrons. The first-order chi connectivity index (χ1) is 16.4. The van der Waals surface area contributed by atoms with Crippen LogP contribution in [0.2, 0.25) is 18.1 Å². The van der Waals surface area contributed by atoms with Crippen LogP contribution in [-0.2, 0) is 33.0 Å². The molecule has 1 fully saturated rings. The third-order valence-corrected chi connectivity index (χ3v) is 14.3. The molecule has 0 unspecified atom stereocenters. The molecule has 3 rings (SSSR count). The van der Waals surface area contributed by atoms with Crippen molar-refractivity contribution in [3.8, 4) is 0 Å². The van der Waals surface area contributed by atoms with E-state index in [9.17, 15) is 16.8 Å². The summed E-state index contributed by atoms with van der Waals surface area (Å²) < 4.78 is 68.7. The number of aryl methyl sites for hydroxylation is 2. The van der Waals surface area contributed by atoms with Crippen molar-refractivity contribution in [2.75, 3.05) is 13.2 Å². The minimum atomic E-state index is -4.01. The van der Waals surface area contributed by atoms with Crippen molar-refractivity contribution in [2.24, 2.45) is 5.41 Å². The van der Waals surface area contributed by atoms with Crippen LogP contribution in [0.25, 0.3) is 0 Å². The molecular formula is C26H38O7S2Si. The predicted molar refractivity (Wildman–Crippen MR) is 142 cm³/mol. The lowest BCUT2D eigenvalue weighted by atomic mass is 9.68. The van der Waals surface area contributed by atoms with E-state index in [0.717, 1.165) is 11.1 Å². The molecule has 0 N–H and O–H groups in total. The summed E-state index contributed by atoms with van der Waals surface area (Å²) in [6, 6.07) is 12.8. The lowest BCUT2D eigenvalue weighted by Gasteiger charge is -2.50. The highest BCUT2D eigenvalue weighted by molar-refractivity contribution is 7.87. The minimum absolute atomic E-state index is 0.0157. The van der Waals surface area contributed by atoms with Gasteiger partial charge in [-0.15, -0.1) is 0 Å². The summed E-state index contributed by atoms with van der Waals surface area (Å²) in [6.07, 6.45) is 0.792. The molecule has 1 aliphatic carbocycles.